The van der Waals surface area contributed by atoms with Gasteiger partial charge in [0.25, 0.3) is 0 Å². The van der Waals surface area contributed by atoms with E-state index in [1.807, 2.05) is 6.92 Å². The summed E-state index contributed by atoms with van der Waals surface area (Å²) in [5.74, 6) is -0.118. The molecule has 1 aliphatic heterocycles. The number of carbonyl (C=O) groups is 1. The topological polar surface area (TPSA) is 112 Å². The molecule has 1 amide bonds. The molecule has 0 bridgehead atoms. The van der Waals surface area contributed by atoms with Crippen LogP contribution in [0.15, 0.2) is 5.11 Å². The lowest BCUT2D eigenvalue weighted by atomic mass is 9.97. The van der Waals surface area contributed by atoms with Gasteiger partial charge in [-0.05, 0) is 32.0 Å². The highest BCUT2D eigenvalue weighted by Crippen LogP contribution is 2.40. The summed E-state index contributed by atoms with van der Waals surface area (Å²) in [6.07, 6.45) is -1.68. The largest absolute Gasteiger partial charge is 0.530 e. The van der Waals surface area contributed by atoms with E-state index in [0.29, 0.717) is 6.54 Å². The monoisotopic (exact) mass is 372 g/mol. The van der Waals surface area contributed by atoms with Crippen LogP contribution in [0.25, 0.3) is 0 Å². The first-order valence-electron chi connectivity index (χ1n) is 8.60. The van der Waals surface area contributed by atoms with Gasteiger partial charge in [0.1, 0.15) is 29.0 Å². The van der Waals surface area contributed by atoms with Gasteiger partial charge in [-0.1, -0.05) is 27.7 Å². The molecule has 0 aromatic heterocycles. The molecule has 25 heavy (non-hydrogen) atoms. The summed E-state index contributed by atoms with van der Waals surface area (Å²) in [4.78, 5) is 16.1. The predicted octanol–water partition coefficient (Wildman–Crippen LogP) is 2.34. The van der Waals surface area contributed by atoms with Gasteiger partial charge in [0.2, 0.25) is 4.91 Å². The van der Waals surface area contributed by atoms with Crippen LogP contribution in [0.2, 0.25) is 18.1 Å². The van der Waals surface area contributed by atoms with E-state index in [1.54, 1.807) is 13.8 Å². The van der Waals surface area contributed by atoms with Crippen molar-refractivity contribution in [3.63, 3.8) is 0 Å². The highest BCUT2D eigenvalue weighted by atomic mass is 28.4. The van der Waals surface area contributed by atoms with E-state index in [0.717, 1.165) is 0 Å². The molecule has 1 aliphatic rings. The van der Waals surface area contributed by atoms with E-state index >= 15 is 0 Å². The highest BCUT2D eigenvalue weighted by molar-refractivity contribution is 6.74. The summed E-state index contributed by atoms with van der Waals surface area (Å²) >= 11 is 0. The summed E-state index contributed by atoms with van der Waals surface area (Å²) in [5.41, 5.74) is 5.92. The van der Waals surface area contributed by atoms with E-state index in [9.17, 15) is 9.90 Å². The zero-order valence-corrected chi connectivity index (χ0v) is 17.6. The number of amides is 1. The molecule has 144 valence electrons. The number of hydrogen-bond donors (Lipinski definition) is 1. The number of carbonyl (C=O) groups excluding carboxylic acids is 1. The third kappa shape index (κ3) is 4.88. The summed E-state index contributed by atoms with van der Waals surface area (Å²) in [6, 6.07) is -0.481. The fraction of sp³-hybridized carbons (Fsp3) is 0.938. The molecule has 1 rings (SSSR count). The Balaban J connectivity index is 3.23. The molecule has 1 N–H and O–H groups in total. The molecule has 0 aromatic carbocycles. The molecule has 1 heterocycles. The molecule has 1 fully saturated rings. The molecule has 1 saturated heterocycles. The van der Waals surface area contributed by atoms with E-state index in [-0.39, 0.29) is 17.6 Å². The van der Waals surface area contributed by atoms with Crippen molar-refractivity contribution in [1.82, 2.24) is 9.81 Å². The minimum atomic E-state index is -2.16. The zero-order chi connectivity index (χ0) is 19.6. The van der Waals surface area contributed by atoms with Crippen molar-refractivity contribution in [2.75, 3.05) is 13.2 Å². The van der Waals surface area contributed by atoms with Crippen LogP contribution in [0.1, 0.15) is 41.5 Å². The van der Waals surface area contributed by atoms with Crippen LogP contribution in [0.4, 0.5) is 4.79 Å². The average molecular weight is 373 g/mol. The minimum absolute atomic E-state index is 0.0246. The van der Waals surface area contributed by atoms with Crippen molar-refractivity contribution in [3.8, 4) is 0 Å². The van der Waals surface area contributed by atoms with Gasteiger partial charge in [-0.25, -0.2) is 0 Å². The van der Waals surface area contributed by atoms with Crippen molar-refractivity contribution in [2.24, 2.45) is 11.0 Å². The number of ether oxygens (including phenoxy) is 1. The van der Waals surface area contributed by atoms with Gasteiger partial charge in [0, 0.05) is 5.92 Å². The number of nitrogens with zero attached hydrogens (tertiary/aromatic N) is 3. The lowest BCUT2D eigenvalue weighted by molar-refractivity contribution is -0.277. The Morgan fingerprint density at radius 3 is 2.52 bits per heavy atom. The highest BCUT2D eigenvalue weighted by Gasteiger charge is 2.49. The van der Waals surface area contributed by atoms with Crippen LogP contribution >= 0.6 is 0 Å². The molecule has 3 atom stereocenters. The number of carboxylic acid groups (broad SMARTS) is 1. The maximum atomic E-state index is 11.7. The maximum Gasteiger partial charge on any atom is 0.214 e. The molecular weight excluding hydrogens is 340 g/mol. The first-order valence-corrected chi connectivity index (χ1v) is 11.5. The van der Waals surface area contributed by atoms with Gasteiger partial charge in [0.15, 0.2) is 8.32 Å². The van der Waals surface area contributed by atoms with Crippen LogP contribution in [0, 0.1) is 11.4 Å². The van der Waals surface area contributed by atoms with E-state index < -0.39 is 32.3 Å². The van der Waals surface area contributed by atoms with Crippen LogP contribution in [0.3, 0.4) is 0 Å². The average Bonchev–Trinajstić information content (AvgIpc) is 2.76. The molecule has 0 saturated carbocycles. The SMILES string of the molecule is C[C@@H](CN=[N+]=N)[C@@H](O[Si](C)(C)C(C)(C)C)[C@H]1COC(C)(C)N1C(=O)[O-]. The van der Waals surface area contributed by atoms with E-state index in [1.165, 1.54) is 4.90 Å². The Hall–Kier alpha value is -1.28. The summed E-state index contributed by atoms with van der Waals surface area (Å²) in [5, 5.41) is 15.5. The Bertz CT molecular complexity index is 541. The van der Waals surface area contributed by atoms with Gasteiger partial charge in [-0.2, -0.15) is 0 Å². The molecule has 9 heteroatoms. The fourth-order valence-corrected chi connectivity index (χ4v) is 4.22. The summed E-state index contributed by atoms with van der Waals surface area (Å²) < 4.78 is 12.3. The fourth-order valence-electron chi connectivity index (χ4n) is 2.79. The van der Waals surface area contributed by atoms with Gasteiger partial charge in [-0.15, -0.1) is 0 Å². The first kappa shape index (κ1) is 21.8. The quantitative estimate of drug-likeness (QED) is 0.438. The Labute approximate surface area is 151 Å². The van der Waals surface area contributed by atoms with Crippen LogP contribution < -0.4 is 10.0 Å². The smallest absolute Gasteiger partial charge is 0.214 e. The molecule has 0 aromatic rings. The second kappa shape index (κ2) is 7.53. The second-order valence-electron chi connectivity index (χ2n) is 8.71. The number of hydrogen-bond acceptors (Lipinski definition) is 6. The third-order valence-electron chi connectivity index (χ3n) is 5.33. The van der Waals surface area contributed by atoms with Gasteiger partial charge >= 0.3 is 0 Å². The molecule has 0 radical (unpaired) electrons. The first-order chi connectivity index (χ1) is 11.2. The normalized spacial score (nSPS) is 23.0. The zero-order valence-electron chi connectivity index (χ0n) is 16.6. The molecule has 0 aliphatic carbocycles. The summed E-state index contributed by atoms with van der Waals surface area (Å²) in [6.45, 7) is 16.5. The van der Waals surface area contributed by atoms with Crippen LogP contribution in [-0.4, -0.2) is 50.3 Å². The van der Waals surface area contributed by atoms with Crippen LogP contribution in [-0.2, 0) is 9.16 Å². The predicted molar refractivity (Wildman–Crippen MR) is 94.4 cm³/mol. The molecule has 0 unspecified atom stereocenters. The van der Waals surface area contributed by atoms with E-state index in [2.05, 4.69) is 43.9 Å². The van der Waals surface area contributed by atoms with Crippen molar-refractivity contribution in [3.05, 3.63) is 0 Å². The minimum Gasteiger partial charge on any atom is -0.530 e. The van der Waals surface area contributed by atoms with Gasteiger partial charge < -0.3 is 24.0 Å². The Morgan fingerprint density at radius 1 is 1.52 bits per heavy atom. The Kier molecular flexibility index (Phi) is 6.55. The lowest BCUT2D eigenvalue weighted by Crippen LogP contribution is -2.60. The molecular formula is C16H32N4O4Si. The van der Waals surface area contributed by atoms with Crippen molar-refractivity contribution in [2.45, 2.75) is 77.5 Å². The Morgan fingerprint density at radius 2 is 2.08 bits per heavy atom. The third-order valence-corrected chi connectivity index (χ3v) is 9.81. The molecule has 0 spiro atoms. The maximum absolute atomic E-state index is 11.7. The van der Waals surface area contributed by atoms with Gasteiger partial charge in [0.05, 0.1) is 18.8 Å². The van der Waals surface area contributed by atoms with Crippen molar-refractivity contribution < 1.29 is 19.1 Å². The second-order valence-corrected chi connectivity index (χ2v) is 13.5. The van der Waals surface area contributed by atoms with Crippen molar-refractivity contribution in [1.29, 1.82) is 5.53 Å². The van der Waals surface area contributed by atoms with E-state index in [4.69, 9.17) is 14.7 Å². The van der Waals surface area contributed by atoms with Crippen LogP contribution in [0.5, 0.6) is 0 Å². The molecule has 8 nitrogen and oxygen atoms in total. The van der Waals surface area contributed by atoms with Gasteiger partial charge in [-0.3, -0.25) is 0 Å². The lowest BCUT2D eigenvalue weighted by Gasteiger charge is -2.45. The standard InChI is InChI=1S/C16H32N4O4Si/c1-11(9-18-19-17)13(24-25(7,8)15(2,3)4)12-10-23-16(5,6)20(12)14(21)22/h11-13,17H,9-10H2,1-8H3/t11-,12+,13+/m0/s1. The van der Waals surface area contributed by atoms with Crippen molar-refractivity contribution >= 4 is 14.4 Å². The number of rotatable bonds is 6. The summed E-state index contributed by atoms with van der Waals surface area (Å²) in [7, 11) is -2.16. The number of nitrogens with one attached hydrogen (secondary N) is 1.